The Kier molecular flexibility index (Phi) is 4.02. The van der Waals surface area contributed by atoms with Gasteiger partial charge in [0.15, 0.2) is 6.10 Å². The fourth-order valence-electron chi connectivity index (χ4n) is 2.92. The monoisotopic (exact) mass is 305 g/mol. The number of carbonyl (C=O) groups excluding carboxylic acids is 2. The summed E-state index contributed by atoms with van der Waals surface area (Å²) in [6.45, 7) is 0.144. The van der Waals surface area contributed by atoms with Crippen LogP contribution in [0.25, 0.3) is 0 Å². The number of ether oxygens (including phenoxy) is 2. The van der Waals surface area contributed by atoms with Crippen molar-refractivity contribution in [2.45, 2.75) is 50.0 Å². The van der Waals surface area contributed by atoms with Gasteiger partial charge in [-0.3, -0.25) is 0 Å². The minimum atomic E-state index is -1.34. The number of hydrogen-bond acceptors (Lipinski definition) is 5. The van der Waals surface area contributed by atoms with Crippen LogP contribution in [0.15, 0.2) is 30.3 Å². The van der Waals surface area contributed by atoms with Gasteiger partial charge in [0.25, 0.3) is 0 Å². The molecule has 1 heterocycles. The highest BCUT2D eigenvalue weighted by Crippen LogP contribution is 2.42. The first-order chi connectivity index (χ1) is 10.6. The van der Waals surface area contributed by atoms with Crippen molar-refractivity contribution in [3.8, 4) is 0 Å². The Bertz CT molecular complexity index is 555. The Hall–Kier alpha value is -2.08. The van der Waals surface area contributed by atoms with Crippen LogP contribution in [0.3, 0.4) is 0 Å². The standard InChI is InChI=1S/C16H19NO5/c18-13-12(9-16(7-4-8-16)22-14(13)19)17-15(20)21-10-11-5-2-1-3-6-11/h1-3,5-6,12-13,18H,4,7-10H2,(H,17,20)/t12-,13?/m0/s1. The zero-order valence-corrected chi connectivity index (χ0v) is 12.2. The zero-order chi connectivity index (χ0) is 15.6. The summed E-state index contributed by atoms with van der Waals surface area (Å²) in [5.41, 5.74) is 0.366. The summed E-state index contributed by atoms with van der Waals surface area (Å²) < 4.78 is 10.4. The van der Waals surface area contributed by atoms with E-state index >= 15 is 0 Å². The topological polar surface area (TPSA) is 84.9 Å². The molecule has 6 heteroatoms. The molecule has 1 saturated carbocycles. The van der Waals surface area contributed by atoms with Crippen LogP contribution in [0.4, 0.5) is 4.79 Å². The second kappa shape index (κ2) is 5.96. The third-order valence-electron chi connectivity index (χ3n) is 4.31. The van der Waals surface area contributed by atoms with Crippen LogP contribution in [0.2, 0.25) is 0 Å². The third-order valence-corrected chi connectivity index (χ3v) is 4.31. The average molecular weight is 305 g/mol. The SMILES string of the molecule is O=C(N[C@H]1CC2(CCC2)OC(=O)C1O)OCc1ccccc1. The van der Waals surface area contributed by atoms with Crippen molar-refractivity contribution in [3.05, 3.63) is 35.9 Å². The van der Waals surface area contributed by atoms with Crippen molar-refractivity contribution in [2.24, 2.45) is 0 Å². The summed E-state index contributed by atoms with van der Waals surface area (Å²) in [7, 11) is 0. The predicted molar refractivity (Wildman–Crippen MR) is 76.8 cm³/mol. The number of benzene rings is 1. The lowest BCUT2D eigenvalue weighted by Crippen LogP contribution is -2.60. The summed E-state index contributed by atoms with van der Waals surface area (Å²) in [6, 6.07) is 8.64. The predicted octanol–water partition coefficient (Wildman–Crippen LogP) is 1.51. The molecule has 118 valence electrons. The zero-order valence-electron chi connectivity index (χ0n) is 12.2. The molecule has 1 unspecified atom stereocenters. The number of aliphatic hydroxyl groups excluding tert-OH is 1. The second-order valence-corrected chi connectivity index (χ2v) is 5.92. The van der Waals surface area contributed by atoms with E-state index in [1.54, 1.807) is 0 Å². The quantitative estimate of drug-likeness (QED) is 0.827. The van der Waals surface area contributed by atoms with Crippen molar-refractivity contribution in [1.29, 1.82) is 0 Å². The smallest absolute Gasteiger partial charge is 0.407 e. The summed E-state index contributed by atoms with van der Waals surface area (Å²) >= 11 is 0. The molecule has 2 N–H and O–H groups in total. The van der Waals surface area contributed by atoms with Crippen LogP contribution in [-0.4, -0.2) is 34.9 Å². The first kappa shape index (κ1) is 14.8. The van der Waals surface area contributed by atoms with Gasteiger partial charge in [0.2, 0.25) is 0 Å². The van der Waals surface area contributed by atoms with E-state index in [1.807, 2.05) is 30.3 Å². The van der Waals surface area contributed by atoms with Crippen LogP contribution in [0.1, 0.15) is 31.2 Å². The summed E-state index contributed by atoms with van der Waals surface area (Å²) in [6.07, 6.45) is 1.01. The van der Waals surface area contributed by atoms with Gasteiger partial charge in [-0.15, -0.1) is 0 Å². The van der Waals surface area contributed by atoms with E-state index in [0.29, 0.717) is 6.42 Å². The van der Waals surface area contributed by atoms with Crippen LogP contribution >= 0.6 is 0 Å². The molecule has 2 aliphatic rings. The van der Waals surface area contributed by atoms with Crippen molar-refractivity contribution in [1.82, 2.24) is 5.32 Å². The Morgan fingerprint density at radius 2 is 2.09 bits per heavy atom. The Balaban J connectivity index is 1.54. The second-order valence-electron chi connectivity index (χ2n) is 5.92. The van der Waals surface area contributed by atoms with E-state index in [-0.39, 0.29) is 6.61 Å². The van der Waals surface area contributed by atoms with E-state index in [0.717, 1.165) is 24.8 Å². The van der Waals surface area contributed by atoms with E-state index in [1.165, 1.54) is 0 Å². The molecular formula is C16H19NO5. The fraction of sp³-hybridized carbons (Fsp3) is 0.500. The molecule has 0 radical (unpaired) electrons. The molecule has 1 aliphatic heterocycles. The maximum Gasteiger partial charge on any atom is 0.407 e. The number of esters is 1. The molecule has 1 spiro atoms. The lowest BCUT2D eigenvalue weighted by molar-refractivity contribution is -0.196. The van der Waals surface area contributed by atoms with Gasteiger partial charge in [-0.2, -0.15) is 0 Å². The number of nitrogens with one attached hydrogen (secondary N) is 1. The Labute approximate surface area is 128 Å². The van der Waals surface area contributed by atoms with Gasteiger partial charge in [-0.05, 0) is 24.8 Å². The first-order valence-corrected chi connectivity index (χ1v) is 7.46. The molecule has 0 bridgehead atoms. The average Bonchev–Trinajstić information content (AvgIpc) is 2.49. The molecule has 0 aromatic heterocycles. The summed E-state index contributed by atoms with van der Waals surface area (Å²) in [5, 5.41) is 12.5. The highest BCUT2D eigenvalue weighted by atomic mass is 16.6. The van der Waals surface area contributed by atoms with Crippen LogP contribution in [0, 0.1) is 0 Å². The van der Waals surface area contributed by atoms with Gasteiger partial charge in [-0.1, -0.05) is 30.3 Å². The van der Waals surface area contributed by atoms with Crippen LogP contribution in [0.5, 0.6) is 0 Å². The fourth-order valence-corrected chi connectivity index (χ4v) is 2.92. The van der Waals surface area contributed by atoms with Gasteiger partial charge in [-0.25, -0.2) is 9.59 Å². The van der Waals surface area contributed by atoms with Crippen LogP contribution in [-0.2, 0) is 20.9 Å². The third kappa shape index (κ3) is 3.06. The van der Waals surface area contributed by atoms with E-state index < -0.39 is 29.8 Å². The largest absolute Gasteiger partial charge is 0.457 e. The van der Waals surface area contributed by atoms with Crippen molar-refractivity contribution < 1.29 is 24.2 Å². The van der Waals surface area contributed by atoms with Crippen LogP contribution < -0.4 is 5.32 Å². The first-order valence-electron chi connectivity index (χ1n) is 7.46. The summed E-state index contributed by atoms with van der Waals surface area (Å²) in [5.74, 6) is -0.667. The number of amides is 1. The number of carbonyl (C=O) groups is 2. The number of aliphatic hydroxyl groups is 1. The molecule has 2 fully saturated rings. The lowest BCUT2D eigenvalue weighted by Gasteiger charge is -2.47. The van der Waals surface area contributed by atoms with Crippen molar-refractivity contribution in [2.75, 3.05) is 0 Å². The van der Waals surface area contributed by atoms with Crippen molar-refractivity contribution >= 4 is 12.1 Å². The molecule has 2 atom stereocenters. The molecule has 1 aromatic rings. The van der Waals surface area contributed by atoms with Gasteiger partial charge in [0.05, 0.1) is 6.04 Å². The highest BCUT2D eigenvalue weighted by molar-refractivity contribution is 5.78. The highest BCUT2D eigenvalue weighted by Gasteiger charge is 2.50. The molecule has 1 amide bonds. The molecule has 1 aromatic carbocycles. The number of hydrogen-bond donors (Lipinski definition) is 2. The lowest BCUT2D eigenvalue weighted by atomic mass is 9.73. The van der Waals surface area contributed by atoms with Gasteiger partial charge in [0, 0.05) is 6.42 Å². The van der Waals surface area contributed by atoms with Crippen molar-refractivity contribution in [3.63, 3.8) is 0 Å². The molecule has 1 saturated heterocycles. The Morgan fingerprint density at radius 1 is 1.36 bits per heavy atom. The van der Waals surface area contributed by atoms with Gasteiger partial charge in [0.1, 0.15) is 12.2 Å². The molecule has 3 rings (SSSR count). The van der Waals surface area contributed by atoms with E-state index in [2.05, 4.69) is 5.32 Å². The van der Waals surface area contributed by atoms with Gasteiger partial charge < -0.3 is 19.9 Å². The van der Waals surface area contributed by atoms with E-state index in [9.17, 15) is 14.7 Å². The normalized spacial score (nSPS) is 26.0. The number of alkyl carbamates (subject to hydrolysis) is 1. The molecule has 6 nitrogen and oxygen atoms in total. The summed E-state index contributed by atoms with van der Waals surface area (Å²) in [4.78, 5) is 23.6. The maximum absolute atomic E-state index is 11.9. The Morgan fingerprint density at radius 3 is 2.73 bits per heavy atom. The maximum atomic E-state index is 11.9. The molecular weight excluding hydrogens is 286 g/mol. The minimum absolute atomic E-state index is 0.144. The van der Waals surface area contributed by atoms with Gasteiger partial charge >= 0.3 is 12.1 Å². The van der Waals surface area contributed by atoms with E-state index in [4.69, 9.17) is 9.47 Å². The molecule has 1 aliphatic carbocycles. The molecule has 22 heavy (non-hydrogen) atoms. The number of rotatable bonds is 3. The minimum Gasteiger partial charge on any atom is -0.457 e.